The molecule has 3 aromatic carbocycles. The quantitative estimate of drug-likeness (QED) is 0.0982. The van der Waals surface area contributed by atoms with Crippen molar-refractivity contribution in [2.24, 2.45) is 0 Å². The van der Waals surface area contributed by atoms with E-state index in [1.165, 1.54) is 12.1 Å². The second-order valence-electron chi connectivity index (χ2n) is 17.1. The van der Waals surface area contributed by atoms with Crippen LogP contribution < -0.4 is 20.9 Å². The van der Waals surface area contributed by atoms with Crippen LogP contribution in [0.15, 0.2) is 59.1 Å². The lowest BCUT2D eigenvalue weighted by atomic mass is 9.98. The molecular weight excluding hydrogens is 857 g/mol. The van der Waals surface area contributed by atoms with Gasteiger partial charge in [0.25, 0.3) is 11.8 Å². The largest absolute Gasteiger partial charge is 0.383 e. The van der Waals surface area contributed by atoms with Gasteiger partial charge in [-0.15, -0.1) is 0 Å². The predicted molar refractivity (Wildman–Crippen MR) is 235 cm³/mol. The second-order valence-corrected chi connectivity index (χ2v) is 17.1. The number of carbonyl (C=O) groups is 6. The highest BCUT2D eigenvalue weighted by Crippen LogP contribution is 2.41. The maximum absolute atomic E-state index is 14.6. The van der Waals surface area contributed by atoms with Gasteiger partial charge < -0.3 is 29.4 Å². The van der Waals surface area contributed by atoms with E-state index in [1.54, 1.807) is 17.0 Å². The van der Waals surface area contributed by atoms with E-state index in [1.807, 2.05) is 32.0 Å². The number of rotatable bonds is 14. The van der Waals surface area contributed by atoms with Gasteiger partial charge in [-0.2, -0.15) is 0 Å². The van der Waals surface area contributed by atoms with Gasteiger partial charge in [-0.25, -0.2) is 13.8 Å². The summed E-state index contributed by atoms with van der Waals surface area (Å²) in [6.07, 6.45) is 3.00. The molecule has 3 saturated heterocycles. The second kappa shape index (κ2) is 18.6. The van der Waals surface area contributed by atoms with Gasteiger partial charge in [-0.05, 0) is 94.0 Å². The Morgan fingerprint density at radius 2 is 1.64 bits per heavy atom. The number of nitrogens with zero attached hydrogens (tertiary/aromatic N) is 6. The van der Waals surface area contributed by atoms with Gasteiger partial charge >= 0.3 is 0 Å². The Balaban J connectivity index is 0.786. The molecule has 0 bridgehead atoms. The minimum absolute atomic E-state index is 0.0209. The van der Waals surface area contributed by atoms with E-state index in [4.69, 9.17) is 14.2 Å². The van der Waals surface area contributed by atoms with E-state index in [0.29, 0.717) is 75.7 Å². The summed E-state index contributed by atoms with van der Waals surface area (Å²) in [6.45, 7) is 6.46. The molecule has 1 unspecified atom stereocenters. The molecular formula is C47H49F2N9O8. The first-order chi connectivity index (χ1) is 31.9. The smallest absolute Gasteiger partial charge is 0.262 e. The summed E-state index contributed by atoms with van der Waals surface area (Å²) >= 11 is 0. The van der Waals surface area contributed by atoms with E-state index >= 15 is 0 Å². The number of imidazole rings is 1. The summed E-state index contributed by atoms with van der Waals surface area (Å²) in [5.41, 5.74) is 5.38. The zero-order chi connectivity index (χ0) is 46.2. The molecule has 0 radical (unpaired) electrons. The van der Waals surface area contributed by atoms with Crippen molar-refractivity contribution in [2.45, 2.75) is 76.9 Å². The van der Waals surface area contributed by atoms with Crippen molar-refractivity contribution in [1.29, 1.82) is 0 Å². The average molecular weight is 906 g/mol. The number of ether oxygens (including phenoxy) is 1. The fourth-order valence-corrected chi connectivity index (χ4v) is 9.67. The number of aryl methyl sites for hydroxylation is 2. The molecule has 344 valence electrons. The topological polar surface area (TPSA) is 201 Å². The van der Waals surface area contributed by atoms with Crippen molar-refractivity contribution in [3.63, 3.8) is 0 Å². The monoisotopic (exact) mass is 905 g/mol. The molecule has 9 rings (SSSR count). The number of amides is 6. The van der Waals surface area contributed by atoms with Gasteiger partial charge in [-0.3, -0.25) is 43.9 Å². The summed E-state index contributed by atoms with van der Waals surface area (Å²) in [4.78, 5) is 86.4. The van der Waals surface area contributed by atoms with E-state index in [9.17, 15) is 37.5 Å². The van der Waals surface area contributed by atoms with Gasteiger partial charge in [-0.1, -0.05) is 11.2 Å². The Labute approximate surface area is 377 Å². The summed E-state index contributed by atoms with van der Waals surface area (Å²) in [7, 11) is 0. The molecule has 0 saturated carbocycles. The predicted octanol–water partition coefficient (Wildman–Crippen LogP) is 5.13. The maximum atomic E-state index is 14.6. The number of piperidine rings is 3. The number of halogens is 2. The van der Waals surface area contributed by atoms with Gasteiger partial charge in [0, 0.05) is 68.1 Å². The SMILES string of the molecule is Cc1noc(C)c1-c1ccc2c(c1)nc([C@@H]1CCCC(=O)N1c1ccc(F)c(F)c1)n2C1CCN(CC(=O)NCCOCCNc2ccc3c(c2)C(=O)N(C2CCC(=O)NC2=O)C3=O)CC1. The first kappa shape index (κ1) is 44.3. The van der Waals surface area contributed by atoms with Crippen LogP contribution in [0.3, 0.4) is 0 Å². The van der Waals surface area contributed by atoms with Crippen LogP contribution in [0.1, 0.15) is 95.0 Å². The van der Waals surface area contributed by atoms with Gasteiger partial charge in [0.05, 0.1) is 53.7 Å². The number of nitrogens with one attached hydrogen (secondary N) is 3. The van der Waals surface area contributed by atoms with Crippen molar-refractivity contribution in [3.8, 4) is 11.1 Å². The van der Waals surface area contributed by atoms with E-state index in [0.717, 1.165) is 44.9 Å². The highest BCUT2D eigenvalue weighted by molar-refractivity contribution is 6.23. The molecule has 5 aromatic rings. The summed E-state index contributed by atoms with van der Waals surface area (Å²) in [6, 6.07) is 12.8. The molecule has 3 N–H and O–H groups in total. The van der Waals surface area contributed by atoms with Gasteiger partial charge in [0.15, 0.2) is 11.6 Å². The zero-order valence-electron chi connectivity index (χ0n) is 36.5. The highest BCUT2D eigenvalue weighted by Gasteiger charge is 2.45. The highest BCUT2D eigenvalue weighted by atomic mass is 19.2. The number of aromatic nitrogens is 3. The Bertz CT molecular complexity index is 2740. The molecule has 17 nitrogen and oxygen atoms in total. The lowest BCUT2D eigenvalue weighted by Gasteiger charge is -2.38. The molecule has 3 fully saturated rings. The maximum Gasteiger partial charge on any atom is 0.262 e. The minimum atomic E-state index is -1.04. The van der Waals surface area contributed by atoms with E-state index in [2.05, 4.69) is 30.6 Å². The third kappa shape index (κ3) is 8.67. The molecule has 0 aliphatic carbocycles. The van der Waals surface area contributed by atoms with E-state index < -0.39 is 47.3 Å². The fourth-order valence-electron chi connectivity index (χ4n) is 9.67. The number of fused-ring (bicyclic) bond motifs is 2. The lowest BCUT2D eigenvalue weighted by Crippen LogP contribution is -2.54. The summed E-state index contributed by atoms with van der Waals surface area (Å²) in [5.74, 6) is -3.25. The molecule has 2 atom stereocenters. The van der Waals surface area contributed by atoms with Crippen molar-refractivity contribution in [1.82, 2.24) is 35.1 Å². The molecule has 19 heteroatoms. The average Bonchev–Trinajstić information content (AvgIpc) is 3.93. The van der Waals surface area contributed by atoms with Crippen LogP contribution in [-0.2, 0) is 23.9 Å². The van der Waals surface area contributed by atoms with Crippen molar-refractivity contribution in [2.75, 3.05) is 56.2 Å². The Morgan fingerprint density at radius 1 is 0.848 bits per heavy atom. The number of likely N-dealkylation sites (tertiary alicyclic amines) is 1. The lowest BCUT2D eigenvalue weighted by molar-refractivity contribution is -0.136. The van der Waals surface area contributed by atoms with Crippen molar-refractivity contribution >= 4 is 57.9 Å². The van der Waals surface area contributed by atoms with Crippen LogP contribution in [0.5, 0.6) is 0 Å². The number of benzene rings is 3. The number of hydrogen-bond acceptors (Lipinski definition) is 12. The van der Waals surface area contributed by atoms with Crippen molar-refractivity contribution < 1.29 is 46.8 Å². The standard InChI is InChI=1S/C47H49F2N9O8/c1-26-43(27(2)66-54-26)28-6-11-37-36(22-28)52-44(38-4-3-5-42(61)56(38)31-8-10-34(48)35(49)24-31)57(37)30-14-18-55(19-15-30)25-41(60)51-17-21-65-20-16-50-29-7-9-32-33(23-29)47(64)58(46(32)63)39-12-13-40(59)53-45(39)62/h6-11,22-24,30,38-39,50H,3-5,12-21,25H2,1-2H3,(H,51,60)(H,53,59,62)/t38-,39?/m0/s1. The molecule has 4 aliphatic heterocycles. The third-order valence-electron chi connectivity index (χ3n) is 12.8. The number of hydrogen-bond donors (Lipinski definition) is 3. The Morgan fingerprint density at radius 3 is 2.39 bits per heavy atom. The van der Waals surface area contributed by atoms with Gasteiger partial charge in [0.2, 0.25) is 23.6 Å². The fraction of sp³-hybridized carbons (Fsp3) is 0.404. The minimum Gasteiger partial charge on any atom is -0.383 e. The molecule has 0 spiro atoms. The van der Waals surface area contributed by atoms with Crippen LogP contribution in [-0.4, -0.2) is 112 Å². The normalized spacial score (nSPS) is 19.5. The number of anilines is 2. The summed E-state index contributed by atoms with van der Waals surface area (Å²) in [5, 5.41) is 12.4. The molecule has 6 amide bonds. The van der Waals surface area contributed by atoms with Gasteiger partial charge in [0.1, 0.15) is 17.6 Å². The third-order valence-corrected chi connectivity index (χ3v) is 12.8. The molecule has 66 heavy (non-hydrogen) atoms. The molecule has 2 aromatic heterocycles. The first-order valence-electron chi connectivity index (χ1n) is 22.2. The molecule has 4 aliphatic rings. The summed E-state index contributed by atoms with van der Waals surface area (Å²) < 4.78 is 42.0. The van der Waals surface area contributed by atoms with Crippen molar-refractivity contribution in [3.05, 3.63) is 94.6 Å². The van der Waals surface area contributed by atoms with Crippen LogP contribution in [0, 0.1) is 25.5 Å². The van der Waals surface area contributed by atoms with Crippen LogP contribution in [0.25, 0.3) is 22.2 Å². The number of carbonyl (C=O) groups excluding carboxylic acids is 6. The molecule has 6 heterocycles. The first-order valence-corrected chi connectivity index (χ1v) is 22.2. The Hall–Kier alpha value is -6.86. The Kier molecular flexibility index (Phi) is 12.5. The van der Waals surface area contributed by atoms with Crippen LogP contribution >= 0.6 is 0 Å². The van der Waals surface area contributed by atoms with Crippen LogP contribution in [0.4, 0.5) is 20.2 Å². The van der Waals surface area contributed by atoms with E-state index in [-0.39, 0.29) is 67.1 Å². The number of imide groups is 2. The zero-order valence-corrected chi connectivity index (χ0v) is 36.5. The van der Waals surface area contributed by atoms with Crippen LogP contribution in [0.2, 0.25) is 0 Å².